The molecule has 1 fully saturated rings. The summed E-state index contributed by atoms with van der Waals surface area (Å²) in [5.74, 6) is -2.80. The van der Waals surface area contributed by atoms with E-state index in [1.165, 1.54) is 6.92 Å². The molecule has 7 heteroatoms. The van der Waals surface area contributed by atoms with E-state index in [0.717, 1.165) is 0 Å². The monoisotopic (exact) mass is 214 g/mol. The average molecular weight is 214 g/mol. The lowest BCUT2D eigenvalue weighted by Crippen LogP contribution is -2.44. The van der Waals surface area contributed by atoms with Crippen molar-refractivity contribution in [3.05, 3.63) is 0 Å². The lowest BCUT2D eigenvalue weighted by Gasteiger charge is -2.18. The number of ether oxygens (including phenoxy) is 1. The van der Waals surface area contributed by atoms with Gasteiger partial charge in [-0.25, -0.2) is 14.5 Å². The van der Waals surface area contributed by atoms with Crippen LogP contribution in [0.25, 0.3) is 0 Å². The van der Waals surface area contributed by atoms with Crippen LogP contribution in [-0.4, -0.2) is 41.4 Å². The van der Waals surface area contributed by atoms with Crippen molar-refractivity contribution in [3.8, 4) is 0 Å². The summed E-state index contributed by atoms with van der Waals surface area (Å²) in [6.07, 6.45) is 0. The first-order valence-electron chi connectivity index (χ1n) is 4.34. The Morgan fingerprint density at radius 2 is 2.07 bits per heavy atom. The molecule has 82 valence electrons. The Hall–Kier alpha value is -1.92. The highest BCUT2D eigenvalue weighted by atomic mass is 16.5. The highest BCUT2D eigenvalue weighted by molar-refractivity contribution is 6.45. The summed E-state index contributed by atoms with van der Waals surface area (Å²) >= 11 is 0. The summed E-state index contributed by atoms with van der Waals surface area (Å²) < 4.78 is 4.62. The van der Waals surface area contributed by atoms with Crippen LogP contribution in [-0.2, 0) is 19.1 Å². The number of urea groups is 1. The van der Waals surface area contributed by atoms with Crippen molar-refractivity contribution in [2.45, 2.75) is 19.9 Å². The predicted octanol–water partition coefficient (Wildman–Crippen LogP) is -0.984. The maximum Gasteiger partial charge on any atom is 0.332 e. The van der Waals surface area contributed by atoms with Crippen molar-refractivity contribution in [1.82, 2.24) is 10.2 Å². The number of nitrogens with zero attached hydrogens (tertiary/aromatic N) is 1. The molecule has 0 radical (unpaired) electrons. The van der Waals surface area contributed by atoms with Crippen LogP contribution in [0.4, 0.5) is 4.79 Å². The molecular formula is C8H10N2O5. The third-order valence-corrected chi connectivity index (χ3v) is 1.87. The van der Waals surface area contributed by atoms with Gasteiger partial charge in [-0.1, -0.05) is 0 Å². The lowest BCUT2D eigenvalue weighted by molar-refractivity contribution is -0.152. The number of amides is 4. The molecule has 0 aromatic carbocycles. The van der Waals surface area contributed by atoms with Gasteiger partial charge in [-0.15, -0.1) is 0 Å². The number of esters is 1. The SMILES string of the molecule is CCOC(=O)C(C)N1C(=O)NC(=O)C1=O. The molecule has 1 unspecified atom stereocenters. The Balaban J connectivity index is 2.79. The second-order valence-electron chi connectivity index (χ2n) is 2.86. The molecule has 0 bridgehead atoms. The minimum atomic E-state index is -1.09. The number of nitrogens with one attached hydrogen (secondary N) is 1. The summed E-state index contributed by atoms with van der Waals surface area (Å²) in [5, 5.41) is 1.79. The molecule has 1 rings (SSSR count). The van der Waals surface area contributed by atoms with Gasteiger partial charge in [0.2, 0.25) is 0 Å². The Kier molecular flexibility index (Phi) is 3.03. The zero-order chi connectivity index (χ0) is 11.6. The minimum absolute atomic E-state index is 0.140. The molecule has 1 heterocycles. The molecule has 0 aromatic heterocycles. The molecule has 1 aliphatic rings. The molecular weight excluding hydrogens is 204 g/mol. The van der Waals surface area contributed by atoms with Gasteiger partial charge in [-0.05, 0) is 13.8 Å². The van der Waals surface area contributed by atoms with E-state index in [4.69, 9.17) is 0 Å². The van der Waals surface area contributed by atoms with Gasteiger partial charge >= 0.3 is 23.8 Å². The summed E-state index contributed by atoms with van der Waals surface area (Å²) in [4.78, 5) is 44.8. The average Bonchev–Trinajstić information content (AvgIpc) is 2.41. The summed E-state index contributed by atoms with van der Waals surface area (Å²) in [6, 6.07) is -1.99. The molecule has 1 aliphatic heterocycles. The van der Waals surface area contributed by atoms with Gasteiger partial charge in [-0.3, -0.25) is 14.9 Å². The highest BCUT2D eigenvalue weighted by Crippen LogP contribution is 2.08. The largest absolute Gasteiger partial charge is 0.464 e. The van der Waals surface area contributed by atoms with E-state index in [1.54, 1.807) is 12.2 Å². The second kappa shape index (κ2) is 4.07. The molecule has 0 saturated carbocycles. The fourth-order valence-corrected chi connectivity index (χ4v) is 1.13. The first-order valence-corrected chi connectivity index (χ1v) is 4.34. The maximum absolute atomic E-state index is 11.2. The van der Waals surface area contributed by atoms with Crippen LogP contribution in [0.3, 0.4) is 0 Å². The van der Waals surface area contributed by atoms with E-state index in [1.807, 2.05) is 0 Å². The van der Waals surface area contributed by atoms with Crippen LogP contribution in [0, 0.1) is 0 Å². The zero-order valence-electron chi connectivity index (χ0n) is 8.27. The van der Waals surface area contributed by atoms with Crippen molar-refractivity contribution < 1.29 is 23.9 Å². The molecule has 1 N–H and O–H groups in total. The molecule has 1 saturated heterocycles. The van der Waals surface area contributed by atoms with Crippen molar-refractivity contribution in [1.29, 1.82) is 0 Å². The predicted molar refractivity (Wildman–Crippen MR) is 46.5 cm³/mol. The third kappa shape index (κ3) is 1.95. The van der Waals surface area contributed by atoms with E-state index in [2.05, 4.69) is 4.74 Å². The maximum atomic E-state index is 11.2. The van der Waals surface area contributed by atoms with Gasteiger partial charge in [-0.2, -0.15) is 0 Å². The smallest absolute Gasteiger partial charge is 0.332 e. The van der Waals surface area contributed by atoms with Crippen molar-refractivity contribution >= 4 is 23.8 Å². The molecule has 0 aromatic rings. The number of hydrogen-bond acceptors (Lipinski definition) is 5. The lowest BCUT2D eigenvalue weighted by atomic mass is 10.3. The first kappa shape index (κ1) is 11.2. The van der Waals surface area contributed by atoms with Gasteiger partial charge < -0.3 is 4.74 Å². The number of rotatable bonds is 3. The summed E-state index contributed by atoms with van der Waals surface area (Å²) in [5.41, 5.74) is 0. The quantitative estimate of drug-likeness (QED) is 0.370. The molecule has 0 aliphatic carbocycles. The molecule has 7 nitrogen and oxygen atoms in total. The van der Waals surface area contributed by atoms with Crippen LogP contribution in [0.5, 0.6) is 0 Å². The molecule has 15 heavy (non-hydrogen) atoms. The van der Waals surface area contributed by atoms with Crippen LogP contribution in [0.1, 0.15) is 13.8 Å². The molecule has 1 atom stereocenters. The van der Waals surface area contributed by atoms with Crippen molar-refractivity contribution in [3.63, 3.8) is 0 Å². The fraction of sp³-hybridized carbons (Fsp3) is 0.500. The molecule has 4 amide bonds. The Labute approximate surface area is 85.4 Å². The van der Waals surface area contributed by atoms with Crippen LogP contribution >= 0.6 is 0 Å². The van der Waals surface area contributed by atoms with Crippen molar-refractivity contribution in [2.75, 3.05) is 6.61 Å². The van der Waals surface area contributed by atoms with Crippen molar-refractivity contribution in [2.24, 2.45) is 0 Å². The Morgan fingerprint density at radius 1 is 1.47 bits per heavy atom. The van der Waals surface area contributed by atoms with E-state index < -0.39 is 29.9 Å². The second-order valence-corrected chi connectivity index (χ2v) is 2.86. The third-order valence-electron chi connectivity index (χ3n) is 1.87. The van der Waals surface area contributed by atoms with E-state index >= 15 is 0 Å². The zero-order valence-corrected chi connectivity index (χ0v) is 8.27. The fourth-order valence-electron chi connectivity index (χ4n) is 1.13. The van der Waals surface area contributed by atoms with Gasteiger partial charge in [0.1, 0.15) is 6.04 Å². The number of carbonyl (C=O) groups is 4. The minimum Gasteiger partial charge on any atom is -0.464 e. The first-order chi connectivity index (χ1) is 6.99. The van der Waals surface area contributed by atoms with Crippen LogP contribution in [0.15, 0.2) is 0 Å². The van der Waals surface area contributed by atoms with E-state index in [9.17, 15) is 19.2 Å². The summed E-state index contributed by atoms with van der Waals surface area (Å²) in [6.45, 7) is 3.05. The standard InChI is InChI=1S/C8H10N2O5/c1-3-15-7(13)4(2)10-6(12)5(11)9-8(10)14/h4H,3H2,1-2H3,(H,9,11,14). The normalized spacial score (nSPS) is 17.7. The van der Waals surface area contributed by atoms with Gasteiger partial charge in [0, 0.05) is 0 Å². The Morgan fingerprint density at radius 3 is 2.47 bits per heavy atom. The van der Waals surface area contributed by atoms with Crippen LogP contribution in [0.2, 0.25) is 0 Å². The van der Waals surface area contributed by atoms with E-state index in [-0.39, 0.29) is 6.61 Å². The number of carbonyl (C=O) groups excluding carboxylic acids is 4. The van der Waals surface area contributed by atoms with Gasteiger partial charge in [0.25, 0.3) is 0 Å². The topological polar surface area (TPSA) is 92.8 Å². The Bertz CT molecular complexity index is 338. The highest BCUT2D eigenvalue weighted by Gasteiger charge is 2.42. The number of hydrogen-bond donors (Lipinski definition) is 1. The molecule has 0 spiro atoms. The van der Waals surface area contributed by atoms with E-state index in [0.29, 0.717) is 4.90 Å². The van der Waals surface area contributed by atoms with Crippen LogP contribution < -0.4 is 5.32 Å². The summed E-state index contributed by atoms with van der Waals surface area (Å²) in [7, 11) is 0. The van der Waals surface area contributed by atoms with Gasteiger partial charge in [0.05, 0.1) is 6.61 Å². The van der Waals surface area contributed by atoms with Gasteiger partial charge in [0.15, 0.2) is 0 Å². The number of imide groups is 2.